The van der Waals surface area contributed by atoms with Crippen LogP contribution in [0.1, 0.15) is 43.2 Å². The number of likely N-dealkylation sites (N-methyl/N-ethyl adjacent to an activating group) is 1. The Morgan fingerprint density at radius 1 is 1.13 bits per heavy atom. The zero-order chi connectivity index (χ0) is 28.7. The number of aliphatic hydroxyl groups is 3. The SMILES string of the molecule is CC1c2ccc(N)c(O)c2C(O)=C2C(=O)C3(O)C(O)=C(C(N)=O)C(=O)C(N(C)C)C3C(OC(=O)C3CCC3)C21. The van der Waals surface area contributed by atoms with Crippen molar-refractivity contribution in [2.45, 2.75) is 49.9 Å². The smallest absolute Gasteiger partial charge is 0.309 e. The van der Waals surface area contributed by atoms with E-state index in [9.17, 15) is 39.6 Å². The molecule has 39 heavy (non-hydrogen) atoms. The Bertz CT molecular complexity index is 1390. The van der Waals surface area contributed by atoms with E-state index in [1.54, 1.807) is 13.0 Å². The van der Waals surface area contributed by atoms with E-state index in [0.717, 1.165) is 6.42 Å². The van der Waals surface area contributed by atoms with Gasteiger partial charge in [-0.1, -0.05) is 19.4 Å². The number of rotatable bonds is 4. The van der Waals surface area contributed by atoms with Crippen LogP contribution >= 0.6 is 0 Å². The number of hydrogen-bond acceptors (Lipinski definition) is 11. The van der Waals surface area contributed by atoms with E-state index in [1.165, 1.54) is 25.1 Å². The van der Waals surface area contributed by atoms with Gasteiger partial charge in [-0.25, -0.2) is 0 Å². The molecule has 1 aromatic carbocycles. The number of phenolic OH excluding ortho intramolecular Hbond substituents is 1. The predicted molar refractivity (Wildman–Crippen MR) is 136 cm³/mol. The average Bonchev–Trinajstić information content (AvgIpc) is 2.81. The minimum atomic E-state index is -2.97. The standard InChI is InChI=1S/C27H31N3O9/c1-9-11-7-8-12(28)19(31)14(11)20(32)15-13(9)22(39-26(37)10-5-4-6-10)17-18(30(2)3)21(33)16(25(29)36)24(35)27(17,38)23(15)34/h7-10,13,17-18,22,31-32,35,38H,4-6,28H2,1-3H3,(H2,29,36). The summed E-state index contributed by atoms with van der Waals surface area (Å²) in [4.78, 5) is 54.5. The maximum absolute atomic E-state index is 14.2. The molecule has 6 atom stereocenters. The van der Waals surface area contributed by atoms with Crippen LogP contribution < -0.4 is 11.5 Å². The van der Waals surface area contributed by atoms with Gasteiger partial charge in [0.15, 0.2) is 11.4 Å². The molecule has 208 valence electrons. The summed E-state index contributed by atoms with van der Waals surface area (Å²) in [6.45, 7) is 1.69. The van der Waals surface area contributed by atoms with E-state index >= 15 is 0 Å². The highest BCUT2D eigenvalue weighted by Gasteiger charge is 2.69. The second-order valence-electron chi connectivity index (χ2n) is 11.1. The molecule has 0 heterocycles. The van der Waals surface area contributed by atoms with Crippen LogP contribution in [-0.4, -0.2) is 80.6 Å². The van der Waals surface area contributed by atoms with E-state index < -0.39 is 93.3 Å². The van der Waals surface area contributed by atoms with Gasteiger partial charge in [0.25, 0.3) is 5.91 Å². The van der Waals surface area contributed by atoms with E-state index in [4.69, 9.17) is 16.2 Å². The molecule has 2 fully saturated rings. The van der Waals surface area contributed by atoms with Crippen molar-refractivity contribution < 1.29 is 44.3 Å². The highest BCUT2D eigenvalue weighted by Crippen LogP contribution is 2.57. The lowest BCUT2D eigenvalue weighted by Crippen LogP contribution is -2.71. The Kier molecular flexibility index (Phi) is 6.03. The van der Waals surface area contributed by atoms with Gasteiger partial charge in [-0.05, 0) is 44.5 Å². The van der Waals surface area contributed by atoms with Gasteiger partial charge in [-0.2, -0.15) is 0 Å². The molecular formula is C27H31N3O9. The van der Waals surface area contributed by atoms with Crippen LogP contribution in [0.5, 0.6) is 5.75 Å². The normalized spacial score (nSPS) is 32.4. The Hall–Kier alpha value is -3.90. The number of primary amides is 1. The second-order valence-corrected chi connectivity index (χ2v) is 11.1. The van der Waals surface area contributed by atoms with Crippen LogP contribution in [0, 0.1) is 17.8 Å². The van der Waals surface area contributed by atoms with Crippen LogP contribution in [0.15, 0.2) is 29.0 Å². The van der Waals surface area contributed by atoms with E-state index in [2.05, 4.69) is 0 Å². The van der Waals surface area contributed by atoms with Crippen molar-refractivity contribution in [2.75, 3.05) is 19.8 Å². The fraction of sp³-hybridized carbons (Fsp3) is 0.481. The molecule has 1 amide bonds. The van der Waals surface area contributed by atoms with Crippen molar-refractivity contribution >= 4 is 34.9 Å². The van der Waals surface area contributed by atoms with Gasteiger partial charge in [0.2, 0.25) is 5.78 Å². The number of fused-ring (bicyclic) bond motifs is 3. The number of hydrogen-bond donors (Lipinski definition) is 6. The Balaban J connectivity index is 1.83. The molecule has 12 nitrogen and oxygen atoms in total. The monoisotopic (exact) mass is 541 g/mol. The summed E-state index contributed by atoms with van der Waals surface area (Å²) in [5, 5.41) is 45.2. The molecule has 0 spiro atoms. The number of esters is 1. The van der Waals surface area contributed by atoms with Crippen LogP contribution in [0.2, 0.25) is 0 Å². The number of nitrogens with two attached hydrogens (primary N) is 2. The van der Waals surface area contributed by atoms with Crippen molar-refractivity contribution in [1.82, 2.24) is 4.90 Å². The van der Waals surface area contributed by atoms with Crippen molar-refractivity contribution in [1.29, 1.82) is 0 Å². The summed E-state index contributed by atoms with van der Waals surface area (Å²) < 4.78 is 6.00. The number of aliphatic hydroxyl groups excluding tert-OH is 2. The topological polar surface area (TPSA) is 214 Å². The van der Waals surface area contributed by atoms with Gasteiger partial charge in [-0.3, -0.25) is 24.1 Å². The lowest BCUT2D eigenvalue weighted by atomic mass is 9.54. The van der Waals surface area contributed by atoms with E-state index in [0.29, 0.717) is 18.4 Å². The Morgan fingerprint density at radius 3 is 2.31 bits per heavy atom. The third-order valence-corrected chi connectivity index (χ3v) is 8.82. The fourth-order valence-electron chi connectivity index (χ4n) is 6.62. The fourth-order valence-corrected chi connectivity index (χ4v) is 6.62. The van der Waals surface area contributed by atoms with Crippen molar-refractivity contribution in [2.24, 2.45) is 23.5 Å². The zero-order valence-electron chi connectivity index (χ0n) is 21.7. The van der Waals surface area contributed by atoms with Crippen molar-refractivity contribution in [3.63, 3.8) is 0 Å². The number of carbonyl (C=O) groups is 4. The molecule has 6 unspecified atom stereocenters. The molecule has 12 heteroatoms. The van der Waals surface area contributed by atoms with E-state index in [-0.39, 0.29) is 11.3 Å². The number of Topliss-reactive ketones (excluding diaryl/α,β-unsaturated/α-hetero) is 2. The van der Waals surface area contributed by atoms with Crippen LogP contribution in [-0.2, 0) is 23.9 Å². The molecule has 0 saturated heterocycles. The first kappa shape index (κ1) is 26.7. The largest absolute Gasteiger partial charge is 0.508 e. The lowest BCUT2D eigenvalue weighted by Gasteiger charge is -2.54. The number of anilines is 1. The number of phenols is 1. The lowest BCUT2D eigenvalue weighted by molar-refractivity contribution is -0.189. The molecule has 4 aliphatic rings. The number of benzene rings is 1. The minimum absolute atomic E-state index is 0.0750. The van der Waals surface area contributed by atoms with Crippen LogP contribution in [0.25, 0.3) is 5.76 Å². The first-order valence-electron chi connectivity index (χ1n) is 12.7. The van der Waals surface area contributed by atoms with Crippen LogP contribution in [0.3, 0.4) is 0 Å². The quantitative estimate of drug-likeness (QED) is 0.133. The molecule has 0 aliphatic heterocycles. The highest BCUT2D eigenvalue weighted by atomic mass is 16.5. The zero-order valence-corrected chi connectivity index (χ0v) is 21.7. The van der Waals surface area contributed by atoms with E-state index in [1.807, 2.05) is 0 Å². The maximum atomic E-state index is 14.2. The predicted octanol–water partition coefficient (Wildman–Crippen LogP) is 0.429. The van der Waals surface area contributed by atoms with Crippen LogP contribution in [0.4, 0.5) is 5.69 Å². The summed E-state index contributed by atoms with van der Waals surface area (Å²) in [5.74, 6) is -10.3. The van der Waals surface area contributed by atoms with Gasteiger partial charge < -0.3 is 36.6 Å². The van der Waals surface area contributed by atoms with Crippen molar-refractivity contribution in [3.8, 4) is 5.75 Å². The van der Waals surface area contributed by atoms with Gasteiger partial charge in [0.1, 0.15) is 28.9 Å². The molecule has 8 N–H and O–H groups in total. The molecule has 2 saturated carbocycles. The third-order valence-electron chi connectivity index (χ3n) is 8.82. The minimum Gasteiger partial charge on any atom is -0.508 e. The first-order chi connectivity index (χ1) is 18.2. The number of aromatic hydroxyl groups is 1. The summed E-state index contributed by atoms with van der Waals surface area (Å²) in [5.41, 5.74) is 7.07. The molecule has 4 aliphatic carbocycles. The molecule has 0 bridgehead atoms. The van der Waals surface area contributed by atoms with Gasteiger partial charge >= 0.3 is 5.97 Å². The second kappa shape index (κ2) is 8.82. The van der Waals surface area contributed by atoms with Gasteiger partial charge in [0.05, 0.1) is 29.1 Å². The summed E-state index contributed by atoms with van der Waals surface area (Å²) in [6, 6.07) is 1.59. The molecule has 0 radical (unpaired) electrons. The summed E-state index contributed by atoms with van der Waals surface area (Å²) in [7, 11) is 2.95. The number of nitrogens with zero attached hydrogens (tertiary/aromatic N) is 1. The third kappa shape index (κ3) is 3.44. The highest BCUT2D eigenvalue weighted by molar-refractivity contribution is 6.24. The Morgan fingerprint density at radius 2 is 1.77 bits per heavy atom. The molecule has 5 rings (SSSR count). The molecule has 0 aromatic heterocycles. The van der Waals surface area contributed by atoms with Crippen molar-refractivity contribution in [3.05, 3.63) is 40.2 Å². The summed E-state index contributed by atoms with van der Waals surface area (Å²) >= 11 is 0. The van der Waals surface area contributed by atoms with Gasteiger partial charge in [-0.15, -0.1) is 0 Å². The summed E-state index contributed by atoms with van der Waals surface area (Å²) in [6.07, 6.45) is 0.571. The number of carbonyl (C=O) groups excluding carboxylic acids is 4. The first-order valence-corrected chi connectivity index (χ1v) is 12.7. The Labute approximate surface area is 223 Å². The van der Waals surface area contributed by atoms with Gasteiger partial charge in [0, 0.05) is 11.5 Å². The maximum Gasteiger partial charge on any atom is 0.309 e. The molecule has 1 aromatic rings. The number of nitrogen functional groups attached to an aromatic ring is 1. The number of amides is 1. The molecular weight excluding hydrogens is 510 g/mol. The number of ketones is 2. The number of ether oxygens (including phenoxy) is 1. The average molecular weight is 542 g/mol.